The Bertz CT molecular complexity index is 737. The highest BCUT2D eigenvalue weighted by Gasteiger charge is 2.27. The van der Waals surface area contributed by atoms with Gasteiger partial charge < -0.3 is 9.47 Å². The second-order valence-corrected chi connectivity index (χ2v) is 6.85. The third kappa shape index (κ3) is 3.93. The largest absolute Gasteiger partial charge is 0.342 e. The maximum atomic E-state index is 12.5. The molecule has 1 unspecified atom stereocenters. The minimum atomic E-state index is 0.257. The minimum absolute atomic E-state index is 0.257. The van der Waals surface area contributed by atoms with Gasteiger partial charge in [-0.25, -0.2) is 0 Å². The molecular weight excluding hydrogens is 320 g/mol. The predicted octanol–water partition coefficient (Wildman–Crippen LogP) is 3.21. The van der Waals surface area contributed by atoms with Gasteiger partial charge in [-0.2, -0.15) is 5.10 Å². The van der Waals surface area contributed by atoms with Gasteiger partial charge in [0.15, 0.2) is 4.77 Å². The Hall–Kier alpha value is -1.95. The van der Waals surface area contributed by atoms with E-state index in [1.54, 1.807) is 0 Å². The van der Waals surface area contributed by atoms with Crippen LogP contribution in [-0.4, -0.2) is 38.7 Å². The van der Waals surface area contributed by atoms with Gasteiger partial charge in [-0.15, -0.1) is 0 Å². The van der Waals surface area contributed by atoms with E-state index in [2.05, 4.69) is 22.3 Å². The summed E-state index contributed by atoms with van der Waals surface area (Å²) in [5.41, 5.74) is 1.29. The summed E-state index contributed by atoms with van der Waals surface area (Å²) in [6.07, 6.45) is 4.55. The number of piperidine rings is 1. The van der Waals surface area contributed by atoms with Crippen LogP contribution < -0.4 is 0 Å². The Balaban J connectivity index is 1.53. The van der Waals surface area contributed by atoms with Gasteiger partial charge in [0.1, 0.15) is 5.82 Å². The number of hydrogen-bond donors (Lipinski definition) is 1. The summed E-state index contributed by atoms with van der Waals surface area (Å²) in [7, 11) is 1.93. The molecule has 1 saturated heterocycles. The first kappa shape index (κ1) is 16.9. The van der Waals surface area contributed by atoms with Gasteiger partial charge in [-0.3, -0.25) is 9.89 Å². The van der Waals surface area contributed by atoms with Crippen molar-refractivity contribution in [2.24, 2.45) is 7.05 Å². The molecule has 0 radical (unpaired) electrons. The molecule has 2 heterocycles. The van der Waals surface area contributed by atoms with E-state index in [-0.39, 0.29) is 11.8 Å². The smallest absolute Gasteiger partial charge is 0.222 e. The van der Waals surface area contributed by atoms with Crippen LogP contribution in [0.3, 0.4) is 0 Å². The first-order valence-corrected chi connectivity index (χ1v) is 8.99. The molecule has 1 amide bonds. The van der Waals surface area contributed by atoms with Crippen molar-refractivity contribution in [2.45, 2.75) is 38.0 Å². The van der Waals surface area contributed by atoms with E-state index in [1.807, 2.05) is 34.7 Å². The molecular formula is C18H24N4OS. The lowest BCUT2D eigenvalue weighted by atomic mass is 9.96. The number of carbonyl (C=O) groups is 1. The first-order chi connectivity index (χ1) is 11.6. The first-order valence-electron chi connectivity index (χ1n) is 8.58. The SMILES string of the molecule is Cn1c(C2CCCN(C(=O)CCCc3ccccc3)C2)n[nH]c1=S. The van der Waals surface area contributed by atoms with Gasteiger partial charge in [0.05, 0.1) is 0 Å². The fourth-order valence-corrected chi connectivity index (χ4v) is 3.52. The number of benzene rings is 1. The van der Waals surface area contributed by atoms with Crippen LogP contribution in [0, 0.1) is 4.77 Å². The van der Waals surface area contributed by atoms with Gasteiger partial charge in [0.2, 0.25) is 5.91 Å². The van der Waals surface area contributed by atoms with E-state index in [0.717, 1.165) is 44.6 Å². The molecule has 1 fully saturated rings. The average molecular weight is 344 g/mol. The van der Waals surface area contributed by atoms with Gasteiger partial charge >= 0.3 is 0 Å². The number of aromatic amines is 1. The Morgan fingerprint density at radius 2 is 2.17 bits per heavy atom. The van der Waals surface area contributed by atoms with Crippen molar-refractivity contribution in [3.05, 3.63) is 46.5 Å². The highest BCUT2D eigenvalue weighted by atomic mass is 32.1. The summed E-state index contributed by atoms with van der Waals surface area (Å²) in [5, 5.41) is 7.19. The van der Waals surface area contributed by atoms with Crippen molar-refractivity contribution < 1.29 is 4.79 Å². The third-order valence-corrected chi connectivity index (χ3v) is 5.12. The number of H-pyrrole nitrogens is 1. The topological polar surface area (TPSA) is 53.9 Å². The maximum Gasteiger partial charge on any atom is 0.222 e. The van der Waals surface area contributed by atoms with Crippen LogP contribution in [0.2, 0.25) is 0 Å². The molecule has 5 nitrogen and oxygen atoms in total. The number of rotatable bonds is 5. The number of amides is 1. The lowest BCUT2D eigenvalue weighted by Crippen LogP contribution is -2.39. The molecule has 1 N–H and O–H groups in total. The van der Waals surface area contributed by atoms with Crippen molar-refractivity contribution in [1.29, 1.82) is 0 Å². The van der Waals surface area contributed by atoms with Gasteiger partial charge in [-0.1, -0.05) is 30.3 Å². The van der Waals surface area contributed by atoms with Crippen LogP contribution in [0.15, 0.2) is 30.3 Å². The van der Waals surface area contributed by atoms with Crippen LogP contribution in [0.1, 0.15) is 43.0 Å². The normalized spacial score (nSPS) is 17.9. The Morgan fingerprint density at radius 1 is 1.38 bits per heavy atom. The highest BCUT2D eigenvalue weighted by Crippen LogP contribution is 2.25. The maximum absolute atomic E-state index is 12.5. The summed E-state index contributed by atoms with van der Waals surface area (Å²) < 4.78 is 2.56. The van der Waals surface area contributed by atoms with E-state index in [0.29, 0.717) is 11.2 Å². The molecule has 1 aromatic heterocycles. The molecule has 0 spiro atoms. The number of nitrogens with zero attached hydrogens (tertiary/aromatic N) is 3. The quantitative estimate of drug-likeness (QED) is 0.848. The number of carbonyl (C=O) groups excluding carboxylic acids is 1. The van der Waals surface area contributed by atoms with Crippen molar-refractivity contribution in [2.75, 3.05) is 13.1 Å². The zero-order valence-electron chi connectivity index (χ0n) is 14.1. The van der Waals surface area contributed by atoms with Gasteiger partial charge in [0, 0.05) is 32.5 Å². The zero-order valence-corrected chi connectivity index (χ0v) is 14.9. The summed E-state index contributed by atoms with van der Waals surface area (Å²) in [4.78, 5) is 14.5. The monoisotopic (exact) mass is 344 g/mol. The van der Waals surface area contributed by atoms with E-state index in [4.69, 9.17) is 12.2 Å². The molecule has 1 aromatic carbocycles. The fourth-order valence-electron chi connectivity index (χ4n) is 3.39. The number of aromatic nitrogens is 3. The van der Waals surface area contributed by atoms with Crippen molar-refractivity contribution in [1.82, 2.24) is 19.7 Å². The molecule has 1 aliphatic heterocycles. The van der Waals surface area contributed by atoms with Crippen molar-refractivity contribution >= 4 is 18.1 Å². The molecule has 1 atom stereocenters. The number of likely N-dealkylation sites (tertiary alicyclic amines) is 1. The molecule has 24 heavy (non-hydrogen) atoms. The lowest BCUT2D eigenvalue weighted by Gasteiger charge is -2.32. The van der Waals surface area contributed by atoms with Gasteiger partial charge in [-0.05, 0) is 43.5 Å². The fraction of sp³-hybridized carbons (Fsp3) is 0.500. The van der Waals surface area contributed by atoms with E-state index >= 15 is 0 Å². The molecule has 0 aliphatic carbocycles. The average Bonchev–Trinajstić information content (AvgIpc) is 2.95. The number of hydrogen-bond acceptors (Lipinski definition) is 3. The molecule has 0 saturated carbocycles. The van der Waals surface area contributed by atoms with E-state index in [9.17, 15) is 4.79 Å². The summed E-state index contributed by atoms with van der Waals surface area (Å²) >= 11 is 5.19. The van der Waals surface area contributed by atoms with Crippen molar-refractivity contribution in [3.8, 4) is 0 Å². The van der Waals surface area contributed by atoms with Crippen LogP contribution in [-0.2, 0) is 18.3 Å². The summed E-state index contributed by atoms with van der Waals surface area (Å²) in [6, 6.07) is 10.3. The highest BCUT2D eigenvalue weighted by molar-refractivity contribution is 7.71. The Morgan fingerprint density at radius 3 is 2.88 bits per heavy atom. The summed E-state index contributed by atoms with van der Waals surface area (Å²) in [6.45, 7) is 1.60. The zero-order chi connectivity index (χ0) is 16.9. The second kappa shape index (κ2) is 7.75. The molecule has 2 aromatic rings. The van der Waals surface area contributed by atoms with E-state index < -0.39 is 0 Å². The molecule has 3 rings (SSSR count). The van der Waals surface area contributed by atoms with Crippen LogP contribution >= 0.6 is 12.2 Å². The van der Waals surface area contributed by atoms with Crippen LogP contribution in [0.4, 0.5) is 0 Å². The molecule has 1 aliphatic rings. The van der Waals surface area contributed by atoms with Gasteiger partial charge in [0.25, 0.3) is 0 Å². The predicted molar refractivity (Wildman–Crippen MR) is 96.3 cm³/mol. The van der Waals surface area contributed by atoms with Crippen molar-refractivity contribution in [3.63, 3.8) is 0 Å². The Labute approximate surface area is 147 Å². The van der Waals surface area contributed by atoms with Crippen LogP contribution in [0.5, 0.6) is 0 Å². The molecule has 128 valence electrons. The Kier molecular flexibility index (Phi) is 5.45. The van der Waals surface area contributed by atoms with Crippen LogP contribution in [0.25, 0.3) is 0 Å². The standard InChI is InChI=1S/C18H24N4OS/c1-21-17(19-20-18(21)24)15-10-6-12-22(13-15)16(23)11-5-9-14-7-3-2-4-8-14/h2-4,7-8,15H,5-6,9-13H2,1H3,(H,20,24). The second-order valence-electron chi connectivity index (χ2n) is 6.46. The molecule has 6 heteroatoms. The van der Waals surface area contributed by atoms with E-state index in [1.165, 1.54) is 5.56 Å². The summed E-state index contributed by atoms with van der Waals surface area (Å²) in [5.74, 6) is 1.49. The number of aryl methyl sites for hydroxylation is 1. The number of nitrogens with one attached hydrogen (secondary N) is 1. The third-order valence-electron chi connectivity index (χ3n) is 4.75. The minimum Gasteiger partial charge on any atom is -0.342 e. The molecule has 0 bridgehead atoms. The lowest BCUT2D eigenvalue weighted by molar-refractivity contribution is -0.132.